The van der Waals surface area contributed by atoms with Crippen LogP contribution < -0.4 is 5.32 Å². The summed E-state index contributed by atoms with van der Waals surface area (Å²) in [7, 11) is 1.74. The minimum Gasteiger partial charge on any atom is -0.508 e. The van der Waals surface area contributed by atoms with Crippen molar-refractivity contribution in [2.24, 2.45) is 0 Å². The Balaban J connectivity index is 1.61. The van der Waals surface area contributed by atoms with E-state index in [4.69, 9.17) is 0 Å². The van der Waals surface area contributed by atoms with Crippen molar-refractivity contribution in [1.29, 1.82) is 0 Å². The molecular formula is C21H20N2O2. The third kappa shape index (κ3) is 4.38. The predicted octanol–water partition coefficient (Wildman–Crippen LogP) is 4.72. The summed E-state index contributed by atoms with van der Waals surface area (Å²) >= 11 is 0. The van der Waals surface area contributed by atoms with E-state index in [0.717, 1.165) is 22.4 Å². The molecule has 0 spiro atoms. The molecule has 0 fully saturated rings. The number of hydrogen-bond acceptors (Lipinski definition) is 2. The van der Waals surface area contributed by atoms with E-state index in [1.165, 1.54) is 0 Å². The van der Waals surface area contributed by atoms with Crippen LogP contribution in [-0.2, 0) is 6.54 Å². The van der Waals surface area contributed by atoms with Crippen molar-refractivity contribution in [3.05, 3.63) is 84.4 Å². The van der Waals surface area contributed by atoms with E-state index >= 15 is 0 Å². The van der Waals surface area contributed by atoms with Gasteiger partial charge in [-0.2, -0.15) is 0 Å². The number of hydrogen-bond donors (Lipinski definition) is 2. The van der Waals surface area contributed by atoms with E-state index < -0.39 is 0 Å². The van der Waals surface area contributed by atoms with Gasteiger partial charge in [-0.1, -0.05) is 54.6 Å². The molecule has 25 heavy (non-hydrogen) atoms. The van der Waals surface area contributed by atoms with Crippen LogP contribution in [0.3, 0.4) is 0 Å². The van der Waals surface area contributed by atoms with Crippen molar-refractivity contribution in [3.8, 4) is 16.9 Å². The Morgan fingerprint density at radius 2 is 1.48 bits per heavy atom. The SMILES string of the molecule is CN(Cc1ccc(O)cc1)C(=O)Nc1ccc(-c2ccccc2)cc1. The fourth-order valence-electron chi connectivity index (χ4n) is 2.54. The number of carbonyl (C=O) groups excluding carboxylic acids is 1. The summed E-state index contributed by atoms with van der Waals surface area (Å²) in [5.74, 6) is 0.217. The average molecular weight is 332 g/mol. The first-order valence-electron chi connectivity index (χ1n) is 8.07. The Morgan fingerprint density at radius 1 is 0.880 bits per heavy atom. The molecule has 3 aromatic carbocycles. The molecule has 126 valence electrons. The summed E-state index contributed by atoms with van der Waals surface area (Å²) in [6, 6.07) is 24.5. The van der Waals surface area contributed by atoms with E-state index in [-0.39, 0.29) is 11.8 Å². The molecule has 0 aliphatic heterocycles. The molecule has 0 radical (unpaired) electrons. The molecule has 4 heteroatoms. The molecule has 0 heterocycles. The van der Waals surface area contributed by atoms with Crippen molar-refractivity contribution >= 4 is 11.7 Å². The molecule has 3 aromatic rings. The number of benzene rings is 3. The minimum atomic E-state index is -0.180. The minimum absolute atomic E-state index is 0.180. The van der Waals surface area contributed by atoms with Crippen molar-refractivity contribution in [3.63, 3.8) is 0 Å². The number of rotatable bonds is 4. The van der Waals surface area contributed by atoms with Gasteiger partial charge in [-0.15, -0.1) is 0 Å². The maximum absolute atomic E-state index is 12.3. The molecule has 0 aliphatic rings. The zero-order valence-electron chi connectivity index (χ0n) is 14.0. The van der Waals surface area contributed by atoms with Crippen LogP contribution in [0.1, 0.15) is 5.56 Å². The molecule has 3 rings (SSSR count). The van der Waals surface area contributed by atoms with Crippen LogP contribution in [0.25, 0.3) is 11.1 Å². The van der Waals surface area contributed by atoms with E-state index in [1.54, 1.807) is 36.2 Å². The molecule has 2 amide bonds. The van der Waals surface area contributed by atoms with Crippen molar-refractivity contribution in [2.45, 2.75) is 6.54 Å². The molecule has 2 N–H and O–H groups in total. The fourth-order valence-corrected chi connectivity index (χ4v) is 2.54. The highest BCUT2D eigenvalue weighted by Gasteiger charge is 2.09. The van der Waals surface area contributed by atoms with Gasteiger partial charge in [0.15, 0.2) is 0 Å². The average Bonchev–Trinajstić information content (AvgIpc) is 2.65. The highest BCUT2D eigenvalue weighted by molar-refractivity contribution is 5.89. The number of urea groups is 1. The Kier molecular flexibility index (Phi) is 5.00. The van der Waals surface area contributed by atoms with Crippen LogP contribution in [0.5, 0.6) is 5.75 Å². The van der Waals surface area contributed by atoms with E-state index in [0.29, 0.717) is 6.54 Å². The molecule has 0 saturated carbocycles. The first kappa shape index (κ1) is 16.6. The first-order chi connectivity index (χ1) is 12.1. The normalized spacial score (nSPS) is 10.3. The summed E-state index contributed by atoms with van der Waals surface area (Å²) in [6.07, 6.45) is 0. The number of phenolic OH excluding ortho intramolecular Hbond substituents is 1. The van der Waals surface area contributed by atoms with Gasteiger partial charge in [0, 0.05) is 19.3 Å². The van der Waals surface area contributed by atoms with Gasteiger partial charge in [0.05, 0.1) is 0 Å². The second-order valence-corrected chi connectivity index (χ2v) is 5.90. The highest BCUT2D eigenvalue weighted by atomic mass is 16.3. The Morgan fingerprint density at radius 3 is 2.12 bits per heavy atom. The van der Waals surface area contributed by atoms with E-state index in [2.05, 4.69) is 17.4 Å². The van der Waals surface area contributed by atoms with E-state index in [9.17, 15) is 9.90 Å². The lowest BCUT2D eigenvalue weighted by molar-refractivity contribution is 0.220. The van der Waals surface area contributed by atoms with Crippen LogP contribution in [0, 0.1) is 0 Å². The van der Waals surface area contributed by atoms with Crippen LogP contribution in [0.4, 0.5) is 10.5 Å². The number of nitrogens with one attached hydrogen (secondary N) is 1. The van der Waals surface area contributed by atoms with Crippen molar-refractivity contribution < 1.29 is 9.90 Å². The molecule has 0 aromatic heterocycles. The smallest absolute Gasteiger partial charge is 0.321 e. The summed E-state index contributed by atoms with van der Waals surface area (Å²) in [6.45, 7) is 0.466. The number of aromatic hydroxyl groups is 1. The monoisotopic (exact) mass is 332 g/mol. The second-order valence-electron chi connectivity index (χ2n) is 5.90. The van der Waals surface area contributed by atoms with Crippen LogP contribution >= 0.6 is 0 Å². The zero-order chi connectivity index (χ0) is 17.6. The van der Waals surface area contributed by atoms with Gasteiger partial charge >= 0.3 is 6.03 Å². The van der Waals surface area contributed by atoms with Gasteiger partial charge in [0.1, 0.15) is 5.75 Å². The zero-order valence-corrected chi connectivity index (χ0v) is 14.0. The number of phenols is 1. The van der Waals surface area contributed by atoms with Crippen LogP contribution in [0.15, 0.2) is 78.9 Å². The summed E-state index contributed by atoms with van der Waals surface area (Å²) < 4.78 is 0. The van der Waals surface area contributed by atoms with Gasteiger partial charge in [-0.3, -0.25) is 0 Å². The van der Waals surface area contributed by atoms with Gasteiger partial charge in [0.2, 0.25) is 0 Å². The fraction of sp³-hybridized carbons (Fsp3) is 0.0952. The number of nitrogens with zero attached hydrogens (tertiary/aromatic N) is 1. The largest absolute Gasteiger partial charge is 0.508 e. The molecule has 4 nitrogen and oxygen atoms in total. The third-order valence-corrected chi connectivity index (χ3v) is 3.95. The Hall–Kier alpha value is -3.27. The Bertz CT molecular complexity index is 828. The lowest BCUT2D eigenvalue weighted by Gasteiger charge is -2.18. The van der Waals surface area contributed by atoms with Crippen molar-refractivity contribution in [2.75, 3.05) is 12.4 Å². The maximum Gasteiger partial charge on any atom is 0.321 e. The van der Waals surface area contributed by atoms with Gasteiger partial charge < -0.3 is 15.3 Å². The van der Waals surface area contributed by atoms with Crippen LogP contribution in [0.2, 0.25) is 0 Å². The number of anilines is 1. The molecular weight excluding hydrogens is 312 g/mol. The summed E-state index contributed by atoms with van der Waals surface area (Å²) in [5, 5.41) is 12.2. The lowest BCUT2D eigenvalue weighted by Crippen LogP contribution is -2.30. The van der Waals surface area contributed by atoms with Crippen LogP contribution in [-0.4, -0.2) is 23.1 Å². The third-order valence-electron chi connectivity index (χ3n) is 3.95. The second kappa shape index (κ2) is 7.53. The predicted molar refractivity (Wildman–Crippen MR) is 100 cm³/mol. The van der Waals surface area contributed by atoms with Crippen molar-refractivity contribution in [1.82, 2.24) is 4.90 Å². The van der Waals surface area contributed by atoms with E-state index in [1.807, 2.05) is 42.5 Å². The number of carbonyl (C=O) groups is 1. The van der Waals surface area contributed by atoms with Gasteiger partial charge in [0.25, 0.3) is 0 Å². The number of amides is 2. The highest BCUT2D eigenvalue weighted by Crippen LogP contribution is 2.21. The molecule has 0 atom stereocenters. The standard InChI is InChI=1S/C21H20N2O2/c1-23(15-16-7-13-20(24)14-8-16)21(25)22-19-11-9-18(10-12-19)17-5-3-2-4-6-17/h2-14,24H,15H2,1H3,(H,22,25). The Labute approximate surface area is 147 Å². The summed E-state index contributed by atoms with van der Waals surface area (Å²) in [5.41, 5.74) is 3.96. The maximum atomic E-state index is 12.3. The first-order valence-corrected chi connectivity index (χ1v) is 8.07. The van der Waals surface area contributed by atoms with Gasteiger partial charge in [-0.25, -0.2) is 4.79 Å². The molecule has 0 saturated heterocycles. The van der Waals surface area contributed by atoms with Gasteiger partial charge in [-0.05, 0) is 41.0 Å². The topological polar surface area (TPSA) is 52.6 Å². The molecule has 0 bridgehead atoms. The lowest BCUT2D eigenvalue weighted by atomic mass is 10.1. The quantitative estimate of drug-likeness (QED) is 0.726. The molecule has 0 unspecified atom stereocenters. The summed E-state index contributed by atoms with van der Waals surface area (Å²) in [4.78, 5) is 13.9. The molecule has 0 aliphatic carbocycles.